The van der Waals surface area contributed by atoms with E-state index in [1.807, 2.05) is 0 Å². The van der Waals surface area contributed by atoms with E-state index in [9.17, 15) is 13.6 Å². The van der Waals surface area contributed by atoms with Crippen LogP contribution in [-0.2, 0) is 17.6 Å². The minimum absolute atomic E-state index is 0.0633. The van der Waals surface area contributed by atoms with Crippen LogP contribution in [-0.4, -0.2) is 5.78 Å². The minimum Gasteiger partial charge on any atom is -0.299 e. The Kier molecular flexibility index (Phi) is 6.88. The second kappa shape index (κ2) is 9.16. The Labute approximate surface area is 168 Å². The van der Waals surface area contributed by atoms with Crippen LogP contribution in [0.3, 0.4) is 0 Å². The quantitative estimate of drug-likeness (QED) is 0.539. The average Bonchev–Trinajstić information content (AvgIpc) is 2.62. The lowest BCUT2D eigenvalue weighted by molar-refractivity contribution is -0.127. The van der Waals surface area contributed by atoms with Crippen molar-refractivity contribution in [2.45, 2.75) is 44.9 Å². The number of hydrogen-bond acceptors (Lipinski definition) is 1. The molecule has 1 nitrogen and oxygen atoms in total. The lowest BCUT2D eigenvalue weighted by Gasteiger charge is -2.26. The summed E-state index contributed by atoms with van der Waals surface area (Å²) in [5, 5.41) is 0.692. The van der Waals surface area contributed by atoms with Crippen molar-refractivity contribution in [3.05, 3.63) is 69.2 Å². The Bertz CT molecular complexity index is 716. The second-order valence-electron chi connectivity index (χ2n) is 7.24. The third kappa shape index (κ3) is 4.89. The molecule has 1 aliphatic carbocycles. The van der Waals surface area contributed by atoms with Crippen molar-refractivity contribution < 1.29 is 13.6 Å². The molecule has 1 saturated carbocycles. The Balaban J connectivity index is 1.83. The van der Waals surface area contributed by atoms with Gasteiger partial charge >= 0.3 is 0 Å². The molecule has 0 bridgehead atoms. The highest BCUT2D eigenvalue weighted by atomic mass is 35.5. The molecule has 0 N–H and O–H groups in total. The van der Waals surface area contributed by atoms with Gasteiger partial charge in [0.1, 0.15) is 17.4 Å². The van der Waals surface area contributed by atoms with Crippen molar-refractivity contribution in [2.24, 2.45) is 11.8 Å². The van der Waals surface area contributed by atoms with Gasteiger partial charge in [0.15, 0.2) is 0 Å². The number of Topliss-reactive ketones (excluding diaryl/α,β-unsaturated/α-hetero) is 1. The predicted octanol–water partition coefficient (Wildman–Crippen LogP) is 6.82. The molecule has 0 aliphatic heterocycles. The fourth-order valence-electron chi connectivity index (χ4n) is 3.93. The van der Waals surface area contributed by atoms with Crippen molar-refractivity contribution in [2.75, 3.05) is 0 Å². The number of halogens is 4. The summed E-state index contributed by atoms with van der Waals surface area (Å²) in [7, 11) is 0. The van der Waals surface area contributed by atoms with Crippen LogP contribution in [0.1, 0.15) is 43.2 Å². The minimum atomic E-state index is -0.383. The lowest BCUT2D eigenvalue weighted by Crippen LogP contribution is -2.29. The number of rotatable bonds is 4. The van der Waals surface area contributed by atoms with Crippen molar-refractivity contribution in [1.82, 2.24) is 0 Å². The molecule has 0 heterocycles. The van der Waals surface area contributed by atoms with Crippen LogP contribution in [0.4, 0.5) is 8.78 Å². The van der Waals surface area contributed by atoms with E-state index < -0.39 is 0 Å². The second-order valence-corrected chi connectivity index (χ2v) is 8.06. The van der Waals surface area contributed by atoms with Crippen LogP contribution < -0.4 is 0 Å². The number of ketones is 1. The fourth-order valence-corrected chi connectivity index (χ4v) is 4.41. The third-order valence-corrected chi connectivity index (χ3v) is 6.14. The zero-order valence-electron chi connectivity index (χ0n) is 15.0. The van der Waals surface area contributed by atoms with Crippen molar-refractivity contribution in [1.29, 1.82) is 0 Å². The largest absolute Gasteiger partial charge is 0.299 e. The molecule has 1 aliphatic rings. The molecule has 27 heavy (non-hydrogen) atoms. The highest BCUT2D eigenvalue weighted by Gasteiger charge is 2.30. The summed E-state index contributed by atoms with van der Waals surface area (Å²) in [6.07, 6.45) is 4.83. The smallest absolute Gasteiger partial charge is 0.139 e. The van der Waals surface area contributed by atoms with Gasteiger partial charge in [-0.2, -0.15) is 0 Å². The van der Waals surface area contributed by atoms with E-state index in [0.717, 1.165) is 19.3 Å². The summed E-state index contributed by atoms with van der Waals surface area (Å²) < 4.78 is 28.4. The van der Waals surface area contributed by atoms with E-state index in [-0.39, 0.29) is 42.1 Å². The fraction of sp³-hybridized carbons (Fsp3) is 0.409. The van der Waals surface area contributed by atoms with Crippen LogP contribution in [0.5, 0.6) is 0 Å². The van der Waals surface area contributed by atoms with Gasteiger partial charge in [-0.3, -0.25) is 4.79 Å². The molecule has 0 radical (unpaired) electrons. The summed E-state index contributed by atoms with van der Waals surface area (Å²) in [6.45, 7) is 0. The highest BCUT2D eigenvalue weighted by molar-refractivity contribution is 6.31. The summed E-state index contributed by atoms with van der Waals surface area (Å²) in [5.41, 5.74) is 0.779. The summed E-state index contributed by atoms with van der Waals surface area (Å²) in [4.78, 5) is 13.2. The lowest BCUT2D eigenvalue weighted by atomic mass is 9.77. The molecule has 0 amide bonds. The molecule has 2 aromatic carbocycles. The Morgan fingerprint density at radius 2 is 1.22 bits per heavy atom. The molecule has 0 aromatic heterocycles. The molecule has 5 heteroatoms. The zero-order valence-corrected chi connectivity index (χ0v) is 16.5. The highest BCUT2D eigenvalue weighted by Crippen LogP contribution is 2.33. The maximum absolute atomic E-state index is 14.2. The molecule has 2 atom stereocenters. The van der Waals surface area contributed by atoms with Crippen LogP contribution in [0, 0.1) is 23.5 Å². The van der Waals surface area contributed by atoms with Gasteiger partial charge in [-0.25, -0.2) is 8.78 Å². The van der Waals surface area contributed by atoms with Gasteiger partial charge in [-0.1, -0.05) is 54.6 Å². The molecular weight excluding hydrogens is 389 g/mol. The number of benzene rings is 2. The van der Waals surface area contributed by atoms with Crippen LogP contribution >= 0.6 is 23.2 Å². The Morgan fingerprint density at radius 3 is 1.63 bits per heavy atom. The van der Waals surface area contributed by atoms with Crippen LogP contribution in [0.15, 0.2) is 36.4 Å². The van der Waals surface area contributed by atoms with E-state index in [2.05, 4.69) is 0 Å². The van der Waals surface area contributed by atoms with Crippen molar-refractivity contribution in [3.63, 3.8) is 0 Å². The zero-order chi connectivity index (χ0) is 19.4. The predicted molar refractivity (Wildman–Crippen MR) is 105 cm³/mol. The van der Waals surface area contributed by atoms with Gasteiger partial charge in [-0.05, 0) is 49.9 Å². The van der Waals surface area contributed by atoms with Gasteiger partial charge in [0.05, 0.1) is 0 Å². The van der Waals surface area contributed by atoms with Crippen molar-refractivity contribution in [3.8, 4) is 0 Å². The van der Waals surface area contributed by atoms with E-state index in [1.54, 1.807) is 24.3 Å². The first-order valence-electron chi connectivity index (χ1n) is 9.37. The van der Waals surface area contributed by atoms with E-state index in [1.165, 1.54) is 12.1 Å². The monoisotopic (exact) mass is 410 g/mol. The number of carbonyl (C=O) groups is 1. The SMILES string of the molecule is O=C1C(Cc2c(F)cccc2Cl)CCCCCC1Cc1c(F)cccc1Cl. The first-order valence-corrected chi connectivity index (χ1v) is 10.1. The maximum Gasteiger partial charge on any atom is 0.139 e. The Hall–Kier alpha value is -1.45. The van der Waals surface area contributed by atoms with E-state index in [4.69, 9.17) is 23.2 Å². The molecule has 2 aromatic rings. The van der Waals surface area contributed by atoms with Crippen LogP contribution in [0.25, 0.3) is 0 Å². The average molecular weight is 411 g/mol. The molecule has 0 spiro atoms. The van der Waals surface area contributed by atoms with Gasteiger partial charge in [0.2, 0.25) is 0 Å². The summed E-state index contributed by atoms with van der Waals surface area (Å²) >= 11 is 12.3. The topological polar surface area (TPSA) is 17.1 Å². The molecule has 3 rings (SSSR count). The Morgan fingerprint density at radius 1 is 0.778 bits per heavy atom. The molecule has 2 unspecified atom stereocenters. The molecule has 0 saturated heterocycles. The first kappa shape index (κ1) is 20.3. The number of carbonyl (C=O) groups excluding carboxylic acids is 1. The standard InChI is InChI=1S/C22H22Cl2F2O/c23-18-8-4-10-20(25)16(18)12-14-6-2-1-3-7-15(22(14)27)13-17-19(24)9-5-11-21(17)26/h4-5,8-11,14-15H,1-3,6-7,12-13H2. The van der Waals surface area contributed by atoms with Gasteiger partial charge in [-0.15, -0.1) is 0 Å². The normalized spacial score (nSPS) is 21.0. The van der Waals surface area contributed by atoms with Crippen LogP contribution in [0.2, 0.25) is 10.0 Å². The molecule has 1 fully saturated rings. The van der Waals surface area contributed by atoms with Gasteiger partial charge < -0.3 is 0 Å². The molecular formula is C22H22Cl2F2O. The maximum atomic E-state index is 14.2. The van der Waals surface area contributed by atoms with E-state index in [0.29, 0.717) is 34.0 Å². The van der Waals surface area contributed by atoms with Gasteiger partial charge in [0, 0.05) is 33.0 Å². The summed E-state index contributed by atoms with van der Waals surface area (Å²) in [6, 6.07) is 9.14. The first-order chi connectivity index (χ1) is 13.0. The van der Waals surface area contributed by atoms with E-state index >= 15 is 0 Å². The van der Waals surface area contributed by atoms with Crippen molar-refractivity contribution >= 4 is 29.0 Å². The van der Waals surface area contributed by atoms with Gasteiger partial charge in [0.25, 0.3) is 0 Å². The molecule has 144 valence electrons. The third-order valence-electron chi connectivity index (χ3n) is 5.43. The summed E-state index contributed by atoms with van der Waals surface area (Å²) in [5.74, 6) is -1.32. The number of hydrogen-bond donors (Lipinski definition) is 0.